The zero-order valence-corrected chi connectivity index (χ0v) is 14.2. The Balaban J connectivity index is -0.000000207. The van der Waals surface area contributed by atoms with E-state index in [-0.39, 0.29) is 0 Å². The first-order valence-corrected chi connectivity index (χ1v) is 7.05. The second-order valence-electron chi connectivity index (χ2n) is 4.58. The largest absolute Gasteiger partial charge is 0.673 e. The fraction of sp³-hybridized carbons (Fsp3) is 1.00. The van der Waals surface area contributed by atoms with Crippen LogP contribution in [-0.2, 0) is 0 Å². The summed E-state index contributed by atoms with van der Waals surface area (Å²) in [4.78, 5) is 0. The predicted molar refractivity (Wildman–Crippen MR) is 58.5 cm³/mol. The van der Waals surface area contributed by atoms with Crippen LogP contribution in [0.15, 0.2) is 0 Å². The zero-order chi connectivity index (χ0) is 18.3. The molecule has 0 aromatic rings. The fourth-order valence-corrected chi connectivity index (χ4v) is 2.37. The summed E-state index contributed by atoms with van der Waals surface area (Å²) in [5.74, 6) is 0. The molecule has 1 atom stereocenters. The molecule has 0 aliphatic heterocycles. The van der Waals surface area contributed by atoms with Crippen molar-refractivity contribution in [2.75, 3.05) is 0 Å². The minimum absolute atomic E-state index is 0.792. The third-order valence-electron chi connectivity index (χ3n) is 2.01. The minimum Gasteiger partial charge on any atom is -0.418 e. The normalized spacial score (nSPS) is 19.9. The Kier molecular flexibility index (Phi) is 12.8. The van der Waals surface area contributed by atoms with Gasteiger partial charge in [0.05, 0.1) is 0 Å². The van der Waals surface area contributed by atoms with Gasteiger partial charge < -0.3 is 51.8 Å². The van der Waals surface area contributed by atoms with Crippen LogP contribution in [0.2, 0.25) is 0.0125 Å². The predicted octanol–water partition coefficient (Wildman–Crippen LogP) is 5.27. The molecule has 0 spiro atoms. The molecule has 0 heterocycles. The molecule has 21 heavy (non-hydrogen) atoms. The molecule has 126 valence electrons. The number of hydrogen-bond acceptors (Lipinski definition) is 0. The molecule has 0 radical (unpaired) electrons. The van der Waals surface area contributed by atoms with Crippen LogP contribution in [0.25, 0.3) is 0 Å². The quantitative estimate of drug-likeness (QED) is 0.403. The maximum Gasteiger partial charge on any atom is 0.673 e. The first-order valence-electron chi connectivity index (χ1n) is 5.25. The molecule has 0 amide bonds. The Morgan fingerprint density at radius 2 is 0.714 bits per heavy atom. The number of halogens is 12. The van der Waals surface area contributed by atoms with Crippen molar-refractivity contribution in [3.05, 3.63) is 0 Å². The van der Waals surface area contributed by atoms with Crippen LogP contribution in [0.1, 0.15) is 20.3 Å². The summed E-state index contributed by atoms with van der Waals surface area (Å²) >= 11 is 1.11. The first kappa shape index (κ1) is 26.9. The minimum atomic E-state index is -6.00. The molecule has 1 aliphatic rings. The van der Waals surface area contributed by atoms with Gasteiger partial charge in [0, 0.05) is 0 Å². The Morgan fingerprint density at radius 1 is 0.667 bits per heavy atom. The molecule has 1 rings (SSSR count). The van der Waals surface area contributed by atoms with Crippen LogP contribution in [-0.4, -0.2) is 70.7 Å². The van der Waals surface area contributed by atoms with Crippen molar-refractivity contribution in [1.29, 1.82) is 0 Å². The van der Waals surface area contributed by atoms with E-state index in [1.165, 1.54) is 6.43 Å². The number of rotatable bonds is 0. The molecule has 16 heteroatoms. The average Bonchev–Trinajstić information content (AvgIpc) is 2.42. The summed E-state index contributed by atoms with van der Waals surface area (Å²) in [6.07, 6.45) is 1.52. The topological polar surface area (TPSA) is 0 Å². The van der Waals surface area contributed by atoms with Crippen molar-refractivity contribution in [2.24, 2.45) is 5.41 Å². The van der Waals surface area contributed by atoms with Crippen LogP contribution in [0.5, 0.6) is 0 Å². The molecule has 1 saturated carbocycles. The van der Waals surface area contributed by atoms with Gasteiger partial charge in [0.2, 0.25) is 0 Å². The summed E-state index contributed by atoms with van der Waals surface area (Å²) in [5, 5.41) is 0. The van der Waals surface area contributed by atoms with E-state index >= 15 is 0 Å². The summed E-state index contributed by atoms with van der Waals surface area (Å²) in [6.45, 7) is 4.73. The zero-order valence-electron chi connectivity index (χ0n) is 11.1. The van der Waals surface area contributed by atoms with Gasteiger partial charge in [0.1, 0.15) is 0 Å². The van der Waals surface area contributed by atoms with Crippen LogP contribution in [0, 0.1) is 5.41 Å². The van der Waals surface area contributed by atoms with Crippen LogP contribution in [0.4, 0.5) is 51.8 Å². The van der Waals surface area contributed by atoms with Crippen LogP contribution < -0.4 is 0 Å². The molecule has 1 unspecified atom stereocenters. The molecular weight excluding hydrogens is 360 g/mol. The average molecular weight is 369 g/mol. The monoisotopic (exact) mass is 369 g/mol. The van der Waals surface area contributed by atoms with Gasteiger partial charge in [-0.1, -0.05) is 0 Å². The van der Waals surface area contributed by atoms with Crippen molar-refractivity contribution in [3.8, 4) is 0 Å². The van der Waals surface area contributed by atoms with Gasteiger partial charge in [-0.25, -0.2) is 0 Å². The molecule has 0 N–H and O–H groups in total. The van der Waals surface area contributed by atoms with Gasteiger partial charge in [-0.15, -0.1) is 0 Å². The second-order valence-corrected chi connectivity index (χ2v) is 6.75. The summed E-state index contributed by atoms with van der Waals surface area (Å²) in [6, 6.07) is 0. The van der Waals surface area contributed by atoms with Gasteiger partial charge in [-0.05, 0) is 0 Å². The standard InChI is InChI=1S/C5H9.3BF4.K/c1-5(2)3-4-5;3*2-1(3,4)5;/h3H,4H2,1-2H3;;;;/q;3*-1;. The molecule has 1 aliphatic carbocycles. The Bertz CT molecular complexity index is 223. The van der Waals surface area contributed by atoms with Gasteiger partial charge in [-0.2, -0.15) is 0 Å². The molecule has 0 saturated heterocycles. The Hall–Kier alpha value is 0.991. The third kappa shape index (κ3) is 75.8. The van der Waals surface area contributed by atoms with Crippen molar-refractivity contribution in [1.82, 2.24) is 0 Å². The number of hydrogen-bond donors (Lipinski definition) is 0. The van der Waals surface area contributed by atoms with E-state index in [0.717, 1.165) is 54.4 Å². The Labute approximate surface area is 147 Å². The van der Waals surface area contributed by atoms with Gasteiger partial charge in [0.15, 0.2) is 0 Å². The summed E-state index contributed by atoms with van der Waals surface area (Å²) in [5.41, 5.74) is 0.792. The molecule has 1 fully saturated rings. The first-order chi connectivity index (χ1) is 8.63. The van der Waals surface area contributed by atoms with E-state index in [1.54, 1.807) is 0 Å². The second kappa shape index (κ2) is 9.98. The third-order valence-corrected chi connectivity index (χ3v) is 5.08. The molecule has 0 nitrogen and oxygen atoms in total. The molecule has 0 bridgehead atoms. The van der Waals surface area contributed by atoms with Crippen molar-refractivity contribution in [3.63, 3.8) is 0 Å². The van der Waals surface area contributed by atoms with Crippen molar-refractivity contribution >= 4 is 70.7 Å². The van der Waals surface area contributed by atoms with Gasteiger partial charge in [-0.3, -0.25) is 0 Å². The van der Waals surface area contributed by atoms with Crippen LogP contribution in [0.3, 0.4) is 0 Å². The van der Waals surface area contributed by atoms with E-state index in [2.05, 4.69) is 13.8 Å². The van der Waals surface area contributed by atoms with E-state index < -0.39 is 21.8 Å². The van der Waals surface area contributed by atoms with E-state index in [0.29, 0.717) is 0 Å². The smallest absolute Gasteiger partial charge is 0.418 e. The Morgan fingerprint density at radius 3 is 0.714 bits per heavy atom. The maximum absolute atomic E-state index is 9.75. The van der Waals surface area contributed by atoms with Crippen molar-refractivity contribution in [2.45, 2.75) is 20.3 Å². The fourth-order valence-electron chi connectivity index (χ4n) is 0.730. The molecule has 0 aromatic carbocycles. The molecule has 0 aromatic heterocycles. The summed E-state index contributed by atoms with van der Waals surface area (Å²) in [7, 11) is -18.0. The van der Waals surface area contributed by atoms with Crippen LogP contribution >= 0.6 is 0 Å². The van der Waals surface area contributed by atoms with Crippen molar-refractivity contribution < 1.29 is 51.8 Å². The SMILES string of the molecule is CC1(C)C[CH]1[K].F[B-](F)(F)F.F[B-](F)(F)F.F[B-](F)(F)F. The van der Waals surface area contributed by atoms with E-state index in [4.69, 9.17) is 0 Å². The van der Waals surface area contributed by atoms with E-state index in [1.807, 2.05) is 0 Å². The molecular formula is C5H9B3F12K-3. The maximum atomic E-state index is 9.75. The van der Waals surface area contributed by atoms with Gasteiger partial charge >= 0.3 is 96.4 Å². The summed E-state index contributed by atoms with van der Waals surface area (Å²) < 4.78 is 118. The van der Waals surface area contributed by atoms with E-state index in [9.17, 15) is 51.8 Å². The van der Waals surface area contributed by atoms with Gasteiger partial charge in [0.25, 0.3) is 0 Å².